The molecule has 0 aliphatic rings. The zero-order chi connectivity index (χ0) is 20.6. The van der Waals surface area contributed by atoms with Crippen LogP contribution in [-0.2, 0) is 4.79 Å². The number of carbonyl (C=O) groups is 2. The highest BCUT2D eigenvalue weighted by Crippen LogP contribution is 2.26. The van der Waals surface area contributed by atoms with Gasteiger partial charge in [-0.2, -0.15) is 5.26 Å². The number of aliphatic carboxylic acids is 1. The second-order valence-corrected chi connectivity index (χ2v) is 5.97. The van der Waals surface area contributed by atoms with E-state index in [2.05, 4.69) is 5.32 Å². The van der Waals surface area contributed by atoms with Crippen molar-refractivity contribution >= 4 is 18.0 Å². The first kappa shape index (κ1) is 19.4. The van der Waals surface area contributed by atoms with E-state index in [1.807, 2.05) is 24.3 Å². The van der Waals surface area contributed by atoms with Crippen LogP contribution < -0.4 is 10.1 Å². The summed E-state index contributed by atoms with van der Waals surface area (Å²) in [6.45, 7) is 0. The molecule has 0 unspecified atom stereocenters. The fourth-order valence-corrected chi connectivity index (χ4v) is 2.53. The number of carboxylic acid groups (broad SMARTS) is 1. The van der Waals surface area contributed by atoms with Crippen LogP contribution >= 0.6 is 0 Å². The molecule has 142 valence electrons. The Hall–Kier alpha value is -4.37. The zero-order valence-corrected chi connectivity index (χ0v) is 15.2. The number of amides is 1. The molecule has 1 amide bonds. The van der Waals surface area contributed by atoms with Crippen molar-refractivity contribution in [1.82, 2.24) is 5.32 Å². The molecular formula is C23H16N2O4. The molecule has 3 aromatic carbocycles. The Kier molecular flexibility index (Phi) is 6.03. The summed E-state index contributed by atoms with van der Waals surface area (Å²) in [5.74, 6) is -0.907. The van der Waals surface area contributed by atoms with Crippen molar-refractivity contribution in [1.29, 1.82) is 5.26 Å². The molecule has 6 nitrogen and oxygen atoms in total. The fraction of sp³-hybridized carbons (Fsp3) is 0. The largest absolute Gasteiger partial charge is 0.477 e. The lowest BCUT2D eigenvalue weighted by Crippen LogP contribution is -2.27. The fourth-order valence-electron chi connectivity index (χ4n) is 2.53. The Morgan fingerprint density at radius 2 is 1.62 bits per heavy atom. The Labute approximate surface area is 167 Å². The molecule has 0 aliphatic heterocycles. The maximum atomic E-state index is 12.2. The summed E-state index contributed by atoms with van der Waals surface area (Å²) in [7, 11) is 0. The lowest BCUT2D eigenvalue weighted by atomic mass is 10.1. The molecular weight excluding hydrogens is 368 g/mol. The van der Waals surface area contributed by atoms with Crippen molar-refractivity contribution < 1.29 is 19.4 Å². The first-order valence-electron chi connectivity index (χ1n) is 8.65. The Morgan fingerprint density at radius 1 is 0.966 bits per heavy atom. The number of nitriles is 1. The smallest absolute Gasteiger partial charge is 0.352 e. The number of carbonyl (C=O) groups excluding carboxylic acids is 1. The van der Waals surface area contributed by atoms with Gasteiger partial charge in [0.05, 0.1) is 5.56 Å². The van der Waals surface area contributed by atoms with Crippen molar-refractivity contribution in [2.75, 3.05) is 0 Å². The van der Waals surface area contributed by atoms with Crippen molar-refractivity contribution in [2.45, 2.75) is 0 Å². The van der Waals surface area contributed by atoms with E-state index in [4.69, 9.17) is 4.74 Å². The van der Waals surface area contributed by atoms with Gasteiger partial charge < -0.3 is 15.2 Å². The maximum Gasteiger partial charge on any atom is 0.352 e. The standard InChI is InChI=1S/C23H16N2O4/c24-15-18-13-16(11-12-21(18)29-19-9-5-2-6-10-19)14-20(23(27)28)25-22(26)17-7-3-1-4-8-17/h1-14H,(H,25,26)(H,27,28)/b20-14+. The van der Waals surface area contributed by atoms with E-state index in [1.165, 1.54) is 12.1 Å². The molecule has 0 atom stereocenters. The van der Waals surface area contributed by atoms with E-state index >= 15 is 0 Å². The number of ether oxygens (including phenoxy) is 1. The summed E-state index contributed by atoms with van der Waals surface area (Å²) in [5, 5.41) is 21.2. The normalized spacial score (nSPS) is 10.7. The zero-order valence-electron chi connectivity index (χ0n) is 15.2. The molecule has 0 saturated carbocycles. The highest BCUT2D eigenvalue weighted by molar-refractivity contribution is 6.02. The van der Waals surface area contributed by atoms with Crippen LogP contribution in [0.15, 0.2) is 84.6 Å². The third-order valence-electron chi connectivity index (χ3n) is 3.92. The Bertz CT molecular complexity index is 1100. The number of carboxylic acids is 1. The summed E-state index contributed by atoms with van der Waals surface area (Å²) >= 11 is 0. The lowest BCUT2D eigenvalue weighted by Gasteiger charge is -2.09. The van der Waals surface area contributed by atoms with Gasteiger partial charge in [0.1, 0.15) is 23.3 Å². The van der Waals surface area contributed by atoms with Crippen LogP contribution in [0.25, 0.3) is 6.08 Å². The van der Waals surface area contributed by atoms with Crippen molar-refractivity contribution in [3.63, 3.8) is 0 Å². The minimum Gasteiger partial charge on any atom is -0.477 e. The van der Waals surface area contributed by atoms with E-state index in [9.17, 15) is 20.0 Å². The van der Waals surface area contributed by atoms with Gasteiger partial charge in [-0.15, -0.1) is 0 Å². The van der Waals surface area contributed by atoms with E-state index in [-0.39, 0.29) is 11.3 Å². The SMILES string of the molecule is N#Cc1cc(/C=C(/NC(=O)c2ccccc2)C(=O)O)ccc1Oc1ccccc1. The molecule has 2 N–H and O–H groups in total. The van der Waals surface area contributed by atoms with Gasteiger partial charge in [-0.25, -0.2) is 4.79 Å². The predicted octanol–water partition coefficient (Wildman–Crippen LogP) is 4.21. The minimum absolute atomic E-state index is 0.238. The summed E-state index contributed by atoms with van der Waals surface area (Å²) in [6, 6.07) is 24.0. The molecule has 0 heterocycles. The number of hydrogen-bond acceptors (Lipinski definition) is 4. The van der Waals surface area contributed by atoms with Crippen molar-refractivity contribution in [3.8, 4) is 17.6 Å². The van der Waals surface area contributed by atoms with Gasteiger partial charge in [0.25, 0.3) is 5.91 Å². The highest BCUT2D eigenvalue weighted by Gasteiger charge is 2.14. The summed E-state index contributed by atoms with van der Waals surface area (Å²) in [6.07, 6.45) is 1.29. The molecule has 0 aromatic heterocycles. The molecule has 0 aliphatic carbocycles. The molecule has 0 fully saturated rings. The maximum absolute atomic E-state index is 12.2. The average Bonchev–Trinajstić information content (AvgIpc) is 2.75. The van der Waals surface area contributed by atoms with E-state index in [0.717, 1.165) is 0 Å². The van der Waals surface area contributed by atoms with Gasteiger partial charge in [-0.05, 0) is 48.0 Å². The molecule has 29 heavy (non-hydrogen) atoms. The molecule has 0 bridgehead atoms. The van der Waals surface area contributed by atoms with Crippen molar-refractivity contribution in [3.05, 3.63) is 101 Å². The summed E-state index contributed by atoms with van der Waals surface area (Å²) < 4.78 is 5.70. The molecule has 0 radical (unpaired) electrons. The Balaban J connectivity index is 1.85. The topological polar surface area (TPSA) is 99.4 Å². The van der Waals surface area contributed by atoms with Crippen LogP contribution in [0.1, 0.15) is 21.5 Å². The van der Waals surface area contributed by atoms with E-state index in [1.54, 1.807) is 54.6 Å². The first-order chi connectivity index (χ1) is 14.1. The van der Waals surface area contributed by atoms with Crippen LogP contribution in [0, 0.1) is 11.3 Å². The van der Waals surface area contributed by atoms with Gasteiger partial charge in [0.2, 0.25) is 0 Å². The third-order valence-corrected chi connectivity index (χ3v) is 3.92. The number of hydrogen-bond donors (Lipinski definition) is 2. The first-order valence-corrected chi connectivity index (χ1v) is 8.65. The van der Waals surface area contributed by atoms with E-state index < -0.39 is 11.9 Å². The molecule has 3 rings (SSSR count). The van der Waals surface area contributed by atoms with Crippen LogP contribution in [0.2, 0.25) is 0 Å². The monoisotopic (exact) mass is 384 g/mol. The minimum atomic E-state index is -1.29. The van der Waals surface area contributed by atoms with Crippen LogP contribution in [0.3, 0.4) is 0 Å². The second-order valence-electron chi connectivity index (χ2n) is 5.97. The highest BCUT2D eigenvalue weighted by atomic mass is 16.5. The van der Waals surface area contributed by atoms with Gasteiger partial charge >= 0.3 is 5.97 Å². The molecule has 0 spiro atoms. The summed E-state index contributed by atoms with van der Waals surface area (Å²) in [4.78, 5) is 23.8. The number of benzene rings is 3. The van der Waals surface area contributed by atoms with Gasteiger partial charge in [-0.1, -0.05) is 42.5 Å². The molecule has 6 heteroatoms. The average molecular weight is 384 g/mol. The van der Waals surface area contributed by atoms with Gasteiger partial charge in [0, 0.05) is 5.56 Å². The van der Waals surface area contributed by atoms with Gasteiger partial charge in [0.15, 0.2) is 0 Å². The van der Waals surface area contributed by atoms with Crippen molar-refractivity contribution in [2.24, 2.45) is 0 Å². The number of nitrogens with zero attached hydrogens (tertiary/aromatic N) is 1. The molecule has 3 aromatic rings. The number of para-hydroxylation sites is 1. The lowest BCUT2D eigenvalue weighted by molar-refractivity contribution is -0.132. The van der Waals surface area contributed by atoms with Crippen LogP contribution in [0.4, 0.5) is 0 Å². The van der Waals surface area contributed by atoms with Crippen LogP contribution in [0.5, 0.6) is 11.5 Å². The van der Waals surface area contributed by atoms with Gasteiger partial charge in [-0.3, -0.25) is 4.79 Å². The van der Waals surface area contributed by atoms with E-state index in [0.29, 0.717) is 22.6 Å². The third kappa shape index (κ3) is 5.08. The predicted molar refractivity (Wildman–Crippen MR) is 107 cm³/mol. The quantitative estimate of drug-likeness (QED) is 0.620. The summed E-state index contributed by atoms with van der Waals surface area (Å²) in [5.41, 5.74) is 0.706. The number of rotatable bonds is 6. The second kappa shape index (κ2) is 9.02. The Morgan fingerprint density at radius 3 is 2.24 bits per heavy atom. The molecule has 0 saturated heterocycles. The number of nitrogens with one attached hydrogen (secondary N) is 1. The van der Waals surface area contributed by atoms with Crippen LogP contribution in [-0.4, -0.2) is 17.0 Å².